The number of carbonyl (C=O) groups excluding carboxylic acids is 5. The van der Waals surface area contributed by atoms with E-state index in [2.05, 4.69) is 5.32 Å². The van der Waals surface area contributed by atoms with Crippen molar-refractivity contribution >= 4 is 40.8 Å². The fourth-order valence-electron chi connectivity index (χ4n) is 5.32. The number of amides is 4. The van der Waals surface area contributed by atoms with E-state index in [1.54, 1.807) is 30.9 Å². The average Bonchev–Trinajstić information content (AvgIpc) is 3.22. The minimum absolute atomic E-state index is 0.0575. The van der Waals surface area contributed by atoms with E-state index in [1.165, 1.54) is 4.90 Å². The molecule has 0 spiro atoms. The lowest BCUT2D eigenvalue weighted by molar-refractivity contribution is -0.132. The zero-order valence-electron chi connectivity index (χ0n) is 23.6. The molecule has 0 bridgehead atoms. The molecule has 9 heteroatoms. The number of hydrogen-bond acceptors (Lipinski definition) is 6. The molecule has 1 fully saturated rings. The predicted molar refractivity (Wildman–Crippen MR) is 152 cm³/mol. The Kier molecular flexibility index (Phi) is 8.54. The third-order valence-corrected chi connectivity index (χ3v) is 7.36. The Hall–Kier alpha value is -3.85. The highest BCUT2D eigenvalue weighted by Crippen LogP contribution is 2.42. The summed E-state index contributed by atoms with van der Waals surface area (Å²) >= 11 is 0. The molecule has 2 aromatic rings. The van der Waals surface area contributed by atoms with E-state index in [0.29, 0.717) is 17.8 Å². The summed E-state index contributed by atoms with van der Waals surface area (Å²) in [6.07, 6.45) is 0.914. The lowest BCUT2D eigenvalue weighted by Gasteiger charge is -2.37. The van der Waals surface area contributed by atoms with E-state index in [4.69, 9.17) is 5.73 Å². The van der Waals surface area contributed by atoms with E-state index in [1.807, 2.05) is 50.2 Å². The molecule has 2 aliphatic heterocycles. The van der Waals surface area contributed by atoms with Gasteiger partial charge in [-0.2, -0.15) is 0 Å². The number of nitrogens with zero attached hydrogens (tertiary/aromatic N) is 2. The first-order valence-corrected chi connectivity index (χ1v) is 13.8. The van der Waals surface area contributed by atoms with Crippen LogP contribution in [0.4, 0.5) is 11.4 Å². The number of para-hydroxylation sites is 1. The van der Waals surface area contributed by atoms with Crippen LogP contribution in [0.25, 0.3) is 0 Å². The van der Waals surface area contributed by atoms with Gasteiger partial charge in [0.05, 0.1) is 29.5 Å². The molecule has 1 unspecified atom stereocenters. The Morgan fingerprint density at radius 2 is 1.65 bits per heavy atom. The van der Waals surface area contributed by atoms with Gasteiger partial charge >= 0.3 is 0 Å². The van der Waals surface area contributed by atoms with Crippen molar-refractivity contribution in [3.8, 4) is 0 Å². The number of nitrogens with two attached hydrogens (primary N) is 1. The van der Waals surface area contributed by atoms with Crippen LogP contribution in [0.1, 0.15) is 64.5 Å². The number of Topliss-reactive ketones (excluding diaryl/α,β-unsaturated/α-hetero) is 1. The normalized spacial score (nSPS) is 18.2. The van der Waals surface area contributed by atoms with Gasteiger partial charge in [-0.3, -0.25) is 24.0 Å². The molecule has 2 heterocycles. The van der Waals surface area contributed by atoms with Crippen LogP contribution in [0.3, 0.4) is 0 Å². The van der Waals surface area contributed by atoms with Gasteiger partial charge < -0.3 is 16.0 Å². The van der Waals surface area contributed by atoms with Gasteiger partial charge in [0.25, 0.3) is 0 Å². The molecule has 40 heavy (non-hydrogen) atoms. The summed E-state index contributed by atoms with van der Waals surface area (Å²) < 4.78 is 0. The number of rotatable bonds is 10. The van der Waals surface area contributed by atoms with Crippen molar-refractivity contribution in [1.29, 1.82) is 0 Å². The number of fused-ring (bicyclic) bond motifs is 1. The van der Waals surface area contributed by atoms with Crippen LogP contribution in [-0.2, 0) is 36.9 Å². The van der Waals surface area contributed by atoms with Crippen molar-refractivity contribution in [2.75, 3.05) is 9.80 Å². The summed E-state index contributed by atoms with van der Waals surface area (Å²) in [7, 11) is 0. The average molecular weight is 547 g/mol. The van der Waals surface area contributed by atoms with Crippen molar-refractivity contribution in [2.24, 2.45) is 17.6 Å². The predicted octanol–water partition coefficient (Wildman–Crippen LogP) is 3.27. The van der Waals surface area contributed by atoms with Gasteiger partial charge in [-0.15, -0.1) is 0 Å². The number of ketones is 1. The van der Waals surface area contributed by atoms with Crippen molar-refractivity contribution in [2.45, 2.75) is 77.9 Å². The summed E-state index contributed by atoms with van der Waals surface area (Å²) in [6.45, 7) is 7.31. The maximum atomic E-state index is 14.1. The molecule has 2 aliphatic rings. The lowest BCUT2D eigenvalue weighted by atomic mass is 9.84. The highest BCUT2D eigenvalue weighted by atomic mass is 16.2. The second kappa shape index (κ2) is 11.7. The molecule has 1 saturated heterocycles. The van der Waals surface area contributed by atoms with Gasteiger partial charge in [0.2, 0.25) is 23.6 Å². The minimum atomic E-state index is -1.15. The molecular formula is C31H38N4O5. The number of benzene rings is 2. The highest BCUT2D eigenvalue weighted by Gasteiger charge is 2.40. The SMILES string of the molecule is CC(C)C[C@@H](NC(=O)C(C)(C)N)C(=O)CC1Cc2cccc(N3C(=O)CCC3=O)c2N(Cc2ccccc2)C1=O. The molecule has 2 atom stereocenters. The smallest absolute Gasteiger partial charge is 0.240 e. The number of hydrogen-bond donors (Lipinski definition) is 2. The van der Waals surface area contributed by atoms with Crippen molar-refractivity contribution < 1.29 is 24.0 Å². The van der Waals surface area contributed by atoms with Crippen LogP contribution in [0.5, 0.6) is 0 Å². The Labute approximate surface area is 235 Å². The fraction of sp³-hybridized carbons (Fsp3) is 0.452. The zero-order valence-corrected chi connectivity index (χ0v) is 23.6. The van der Waals surface area contributed by atoms with Crippen LogP contribution in [0, 0.1) is 11.8 Å². The van der Waals surface area contributed by atoms with Gasteiger partial charge in [0.15, 0.2) is 5.78 Å². The van der Waals surface area contributed by atoms with Crippen LogP contribution in [-0.4, -0.2) is 41.0 Å². The van der Waals surface area contributed by atoms with Gasteiger partial charge in [-0.1, -0.05) is 56.3 Å². The fourth-order valence-corrected chi connectivity index (χ4v) is 5.32. The molecule has 4 rings (SSSR count). The van der Waals surface area contributed by atoms with E-state index in [9.17, 15) is 24.0 Å². The monoisotopic (exact) mass is 546 g/mol. The van der Waals surface area contributed by atoms with Crippen LogP contribution < -0.4 is 20.9 Å². The first kappa shape index (κ1) is 29.1. The van der Waals surface area contributed by atoms with Gasteiger partial charge in [0.1, 0.15) is 0 Å². The summed E-state index contributed by atoms with van der Waals surface area (Å²) in [6, 6.07) is 14.0. The Morgan fingerprint density at radius 3 is 2.25 bits per heavy atom. The molecule has 0 radical (unpaired) electrons. The van der Waals surface area contributed by atoms with Crippen molar-refractivity contribution in [3.05, 3.63) is 59.7 Å². The standard InChI is InChI=1S/C31H38N4O5/c1-19(2)15-23(33-30(40)31(3,4)32)25(36)17-22-16-21-11-8-12-24(35-26(37)13-14-27(35)38)28(21)34(29(22)39)18-20-9-6-5-7-10-20/h5-12,19,22-23H,13-18,32H2,1-4H3,(H,33,40)/t22?,23-/m1/s1. The van der Waals surface area contributed by atoms with E-state index >= 15 is 0 Å². The first-order valence-electron chi connectivity index (χ1n) is 13.8. The molecule has 212 valence electrons. The minimum Gasteiger partial charge on any atom is -0.345 e. The van der Waals surface area contributed by atoms with Crippen molar-refractivity contribution in [1.82, 2.24) is 5.32 Å². The molecule has 2 aromatic carbocycles. The largest absolute Gasteiger partial charge is 0.345 e. The summed E-state index contributed by atoms with van der Waals surface area (Å²) in [4.78, 5) is 68.4. The lowest BCUT2D eigenvalue weighted by Crippen LogP contribution is -2.54. The summed E-state index contributed by atoms with van der Waals surface area (Å²) in [5.41, 5.74) is 7.39. The Balaban J connectivity index is 1.69. The number of anilines is 2. The molecule has 3 N–H and O–H groups in total. The summed E-state index contributed by atoms with van der Waals surface area (Å²) in [5, 5.41) is 2.80. The topological polar surface area (TPSA) is 130 Å². The van der Waals surface area contributed by atoms with E-state index in [0.717, 1.165) is 11.1 Å². The molecule has 9 nitrogen and oxygen atoms in total. The zero-order chi connectivity index (χ0) is 29.2. The Morgan fingerprint density at radius 1 is 1.00 bits per heavy atom. The molecule has 4 amide bonds. The second-order valence-electron chi connectivity index (χ2n) is 11.8. The quantitative estimate of drug-likeness (QED) is 0.440. The highest BCUT2D eigenvalue weighted by molar-refractivity contribution is 6.22. The maximum Gasteiger partial charge on any atom is 0.240 e. The van der Waals surface area contributed by atoms with Crippen molar-refractivity contribution in [3.63, 3.8) is 0 Å². The Bertz CT molecular complexity index is 1300. The third-order valence-electron chi connectivity index (χ3n) is 7.36. The summed E-state index contributed by atoms with van der Waals surface area (Å²) in [5.74, 6) is -2.04. The van der Waals surface area contributed by atoms with Crippen LogP contribution in [0.15, 0.2) is 48.5 Å². The second-order valence-corrected chi connectivity index (χ2v) is 11.8. The van der Waals surface area contributed by atoms with Crippen LogP contribution in [0.2, 0.25) is 0 Å². The molecule has 0 aromatic heterocycles. The molecule has 0 aliphatic carbocycles. The number of carbonyl (C=O) groups is 5. The molecule has 0 saturated carbocycles. The van der Waals surface area contributed by atoms with Gasteiger partial charge in [-0.05, 0) is 49.8 Å². The van der Waals surface area contributed by atoms with E-state index < -0.39 is 23.4 Å². The first-order chi connectivity index (χ1) is 18.9. The maximum absolute atomic E-state index is 14.1. The number of nitrogens with one attached hydrogen (secondary N) is 1. The molecular weight excluding hydrogens is 508 g/mol. The van der Waals surface area contributed by atoms with Gasteiger partial charge in [-0.25, -0.2) is 4.90 Å². The number of imide groups is 1. The van der Waals surface area contributed by atoms with Gasteiger partial charge in [0, 0.05) is 25.2 Å². The van der Waals surface area contributed by atoms with E-state index in [-0.39, 0.29) is 61.7 Å². The van der Waals surface area contributed by atoms with Crippen LogP contribution >= 0.6 is 0 Å². The third kappa shape index (κ3) is 6.31.